The highest BCUT2D eigenvalue weighted by atomic mass is 32.2. The first kappa shape index (κ1) is 8.22. The predicted octanol–water partition coefficient (Wildman–Crippen LogP) is 0.183. The van der Waals surface area contributed by atoms with Crippen molar-refractivity contribution in [3.05, 3.63) is 16.8 Å². The molecule has 11 heavy (non-hydrogen) atoms. The molecule has 1 rings (SSSR count). The summed E-state index contributed by atoms with van der Waals surface area (Å²) in [5.74, 6) is 0. The van der Waals surface area contributed by atoms with Crippen LogP contribution in [0.4, 0.5) is 0 Å². The monoisotopic (exact) mass is 191 g/mol. The molecule has 0 bridgehead atoms. The van der Waals surface area contributed by atoms with E-state index in [2.05, 4.69) is 0 Å². The van der Waals surface area contributed by atoms with Gasteiger partial charge in [0.1, 0.15) is 0 Å². The average molecular weight is 191 g/mol. The van der Waals surface area contributed by atoms with Crippen LogP contribution in [0, 0.1) is 0 Å². The third-order valence-electron chi connectivity index (χ3n) is 1.01. The first-order valence-corrected chi connectivity index (χ1v) is 5.07. The van der Waals surface area contributed by atoms with Gasteiger partial charge in [-0.2, -0.15) is 11.3 Å². The van der Waals surface area contributed by atoms with Crippen molar-refractivity contribution in [2.75, 3.05) is 0 Å². The predicted molar refractivity (Wildman–Crippen MR) is 40.7 cm³/mol. The van der Waals surface area contributed by atoms with Gasteiger partial charge in [-0.15, -0.1) is 0 Å². The second-order valence-electron chi connectivity index (χ2n) is 1.70. The molecule has 0 radical (unpaired) electrons. The number of sulfonamides is 1. The van der Waals surface area contributed by atoms with Gasteiger partial charge < -0.3 is 0 Å². The second-order valence-corrected chi connectivity index (χ2v) is 4.19. The molecule has 0 aliphatic rings. The van der Waals surface area contributed by atoms with E-state index in [9.17, 15) is 13.2 Å². The van der Waals surface area contributed by atoms with Crippen LogP contribution in [0.25, 0.3) is 0 Å². The van der Waals surface area contributed by atoms with Crippen molar-refractivity contribution >= 4 is 27.8 Å². The number of hydrogen-bond acceptors (Lipinski definition) is 4. The lowest BCUT2D eigenvalue weighted by molar-refractivity contribution is -0.108. The van der Waals surface area contributed by atoms with Crippen LogP contribution in [0.1, 0.15) is 0 Å². The number of thiophene rings is 1. The lowest BCUT2D eigenvalue weighted by Crippen LogP contribution is -2.20. The number of nitrogens with one attached hydrogen (secondary N) is 1. The largest absolute Gasteiger partial charge is 0.278 e. The summed E-state index contributed by atoms with van der Waals surface area (Å²) in [6, 6.07) is 1.43. The summed E-state index contributed by atoms with van der Waals surface area (Å²) >= 11 is 1.26. The number of hydrogen-bond donors (Lipinski definition) is 1. The highest BCUT2D eigenvalue weighted by Gasteiger charge is 2.11. The van der Waals surface area contributed by atoms with E-state index in [-0.39, 0.29) is 11.3 Å². The molecular formula is C5H5NO3S2. The van der Waals surface area contributed by atoms with E-state index in [0.717, 1.165) is 0 Å². The van der Waals surface area contributed by atoms with E-state index in [1.807, 2.05) is 0 Å². The van der Waals surface area contributed by atoms with E-state index in [4.69, 9.17) is 0 Å². The van der Waals surface area contributed by atoms with Crippen LogP contribution in [0.3, 0.4) is 0 Å². The van der Waals surface area contributed by atoms with Crippen LogP contribution in [0.5, 0.6) is 0 Å². The Morgan fingerprint density at radius 2 is 2.27 bits per heavy atom. The molecule has 1 heterocycles. The van der Waals surface area contributed by atoms with Crippen molar-refractivity contribution in [1.29, 1.82) is 0 Å². The van der Waals surface area contributed by atoms with Crippen molar-refractivity contribution in [2.45, 2.75) is 4.90 Å². The summed E-state index contributed by atoms with van der Waals surface area (Å²) in [6.45, 7) is 0. The van der Waals surface area contributed by atoms with Crippen LogP contribution >= 0.6 is 11.3 Å². The molecule has 1 N–H and O–H groups in total. The summed E-state index contributed by atoms with van der Waals surface area (Å²) in [5.41, 5.74) is 0. The molecule has 0 fully saturated rings. The fourth-order valence-corrected chi connectivity index (χ4v) is 2.32. The van der Waals surface area contributed by atoms with Crippen molar-refractivity contribution < 1.29 is 13.2 Å². The third-order valence-corrected chi connectivity index (χ3v) is 3.12. The minimum Gasteiger partial charge on any atom is -0.278 e. The van der Waals surface area contributed by atoms with Gasteiger partial charge in [-0.3, -0.25) is 9.52 Å². The van der Waals surface area contributed by atoms with Gasteiger partial charge in [0.25, 0.3) is 10.0 Å². The van der Waals surface area contributed by atoms with Gasteiger partial charge in [-0.25, -0.2) is 8.42 Å². The fourth-order valence-electron chi connectivity index (χ4n) is 0.536. The van der Waals surface area contributed by atoms with Crippen LogP contribution in [-0.2, 0) is 14.8 Å². The molecule has 4 nitrogen and oxygen atoms in total. The van der Waals surface area contributed by atoms with Gasteiger partial charge in [0.15, 0.2) is 0 Å². The van der Waals surface area contributed by atoms with Crippen LogP contribution in [0.15, 0.2) is 21.7 Å². The summed E-state index contributed by atoms with van der Waals surface area (Å²) in [7, 11) is -3.57. The minimum atomic E-state index is -3.57. The number of rotatable bonds is 3. The fraction of sp³-hybridized carbons (Fsp3) is 0. The van der Waals surface area contributed by atoms with Crippen LogP contribution < -0.4 is 4.72 Å². The summed E-state index contributed by atoms with van der Waals surface area (Å²) in [5, 5.41) is 3.07. The zero-order valence-electron chi connectivity index (χ0n) is 5.35. The minimum absolute atomic E-state index is 0.120. The van der Waals surface area contributed by atoms with Gasteiger partial charge in [0.2, 0.25) is 6.41 Å². The van der Waals surface area contributed by atoms with E-state index < -0.39 is 10.0 Å². The highest BCUT2D eigenvalue weighted by molar-refractivity contribution is 7.90. The number of carbonyl (C=O) groups is 1. The molecule has 0 atom stereocenters. The van der Waals surface area contributed by atoms with Gasteiger partial charge in [0.05, 0.1) is 4.90 Å². The molecular weight excluding hydrogens is 186 g/mol. The number of carbonyl (C=O) groups excluding carboxylic acids is 1. The molecule has 60 valence electrons. The number of amides is 1. The lowest BCUT2D eigenvalue weighted by Gasteiger charge is -1.95. The molecule has 1 aromatic heterocycles. The Morgan fingerprint density at radius 1 is 1.55 bits per heavy atom. The maximum Gasteiger partial charge on any atom is 0.264 e. The zero-order valence-corrected chi connectivity index (χ0v) is 6.98. The van der Waals surface area contributed by atoms with Gasteiger partial charge in [-0.1, -0.05) is 0 Å². The van der Waals surface area contributed by atoms with Crippen molar-refractivity contribution in [3.8, 4) is 0 Å². The van der Waals surface area contributed by atoms with E-state index in [0.29, 0.717) is 0 Å². The molecule has 0 spiro atoms. The molecule has 0 aliphatic carbocycles. The summed E-state index contributed by atoms with van der Waals surface area (Å²) < 4.78 is 23.6. The van der Waals surface area contributed by atoms with E-state index in [1.54, 1.807) is 10.1 Å². The molecule has 0 unspecified atom stereocenters. The Balaban J connectivity index is 3.01. The van der Waals surface area contributed by atoms with Crippen LogP contribution in [-0.4, -0.2) is 14.8 Å². The second kappa shape index (κ2) is 3.02. The molecule has 0 aliphatic heterocycles. The molecule has 0 aromatic carbocycles. The quantitative estimate of drug-likeness (QED) is 0.693. The molecule has 1 aromatic rings. The molecule has 1 amide bonds. The zero-order chi connectivity index (χ0) is 8.32. The third kappa shape index (κ3) is 1.78. The van der Waals surface area contributed by atoms with Gasteiger partial charge in [-0.05, 0) is 11.4 Å². The first-order chi connectivity index (χ1) is 5.17. The maximum atomic E-state index is 11.0. The van der Waals surface area contributed by atoms with E-state index >= 15 is 0 Å². The smallest absolute Gasteiger partial charge is 0.264 e. The average Bonchev–Trinajstić information content (AvgIpc) is 2.37. The van der Waals surface area contributed by atoms with Gasteiger partial charge in [0, 0.05) is 5.38 Å². The Morgan fingerprint density at radius 3 is 2.73 bits per heavy atom. The Kier molecular flexibility index (Phi) is 2.25. The molecule has 0 saturated heterocycles. The van der Waals surface area contributed by atoms with E-state index in [1.165, 1.54) is 22.8 Å². The van der Waals surface area contributed by atoms with Crippen molar-refractivity contribution in [2.24, 2.45) is 0 Å². The van der Waals surface area contributed by atoms with Gasteiger partial charge >= 0.3 is 0 Å². The highest BCUT2D eigenvalue weighted by Crippen LogP contribution is 2.11. The van der Waals surface area contributed by atoms with Crippen molar-refractivity contribution in [1.82, 2.24) is 4.72 Å². The Hall–Kier alpha value is -0.880. The molecule has 0 saturated carbocycles. The Bertz CT molecular complexity index is 327. The lowest BCUT2D eigenvalue weighted by atomic mass is 10.7. The topological polar surface area (TPSA) is 63.2 Å². The first-order valence-electron chi connectivity index (χ1n) is 2.65. The summed E-state index contributed by atoms with van der Waals surface area (Å²) in [6.07, 6.45) is 0.146. The summed E-state index contributed by atoms with van der Waals surface area (Å²) in [4.78, 5) is 9.95. The van der Waals surface area contributed by atoms with Crippen molar-refractivity contribution in [3.63, 3.8) is 0 Å². The van der Waals surface area contributed by atoms with Crippen LogP contribution in [0.2, 0.25) is 0 Å². The standard InChI is InChI=1S/C5H5NO3S2/c7-4-6-11(8,9)5-1-2-10-3-5/h1-4H,(H,6,7). The maximum absolute atomic E-state index is 11.0. The Labute approximate surface area is 67.9 Å². The normalized spacial score (nSPS) is 10.9. The molecule has 6 heteroatoms. The SMILES string of the molecule is O=CNS(=O)(=O)c1ccsc1.